The lowest BCUT2D eigenvalue weighted by atomic mass is 9.89. The molecule has 1 heterocycles. The third kappa shape index (κ3) is 4.44. The predicted molar refractivity (Wildman–Crippen MR) is 93.4 cm³/mol. The molecule has 0 saturated carbocycles. The van der Waals surface area contributed by atoms with Gasteiger partial charge in [-0.3, -0.25) is 4.79 Å². The van der Waals surface area contributed by atoms with Gasteiger partial charge in [0.05, 0.1) is 0 Å². The number of fused-ring (bicyclic) bond motifs is 1. The maximum Gasteiger partial charge on any atom is 0.334 e. The predicted octanol–water partition coefficient (Wildman–Crippen LogP) is 3.80. The lowest BCUT2D eigenvalue weighted by Gasteiger charge is -2.22. The Hall–Kier alpha value is -1.68. The molecule has 1 aliphatic carbocycles. The third-order valence-electron chi connectivity index (χ3n) is 5.06. The van der Waals surface area contributed by atoms with E-state index in [9.17, 15) is 14.7 Å². The zero-order valence-electron chi connectivity index (χ0n) is 15.1. The first kappa shape index (κ1) is 18.7. The van der Waals surface area contributed by atoms with Crippen molar-refractivity contribution in [2.75, 3.05) is 0 Å². The van der Waals surface area contributed by atoms with Crippen LogP contribution in [0.4, 0.5) is 0 Å². The monoisotopic (exact) mass is 332 g/mol. The quantitative estimate of drug-likeness (QED) is 0.541. The van der Waals surface area contributed by atoms with Crippen LogP contribution in [-0.4, -0.2) is 28.6 Å². The molecule has 2 unspecified atom stereocenters. The van der Waals surface area contributed by atoms with Crippen LogP contribution in [0.25, 0.3) is 0 Å². The first-order chi connectivity index (χ1) is 11.2. The second-order valence-electron chi connectivity index (χ2n) is 7.28. The minimum atomic E-state index is -1.28. The van der Waals surface area contributed by atoms with Gasteiger partial charge >= 0.3 is 5.97 Å². The number of hydrogen-bond donors (Lipinski definition) is 1. The number of aliphatic hydroxyl groups is 1. The summed E-state index contributed by atoms with van der Waals surface area (Å²) in [6, 6.07) is 0. The largest absolute Gasteiger partial charge is 0.450 e. The van der Waals surface area contributed by atoms with Crippen molar-refractivity contribution in [3.8, 4) is 0 Å². The van der Waals surface area contributed by atoms with Gasteiger partial charge in [-0.15, -0.1) is 0 Å². The topological polar surface area (TPSA) is 63.6 Å². The maximum atomic E-state index is 12.3. The van der Waals surface area contributed by atoms with Crippen LogP contribution < -0.4 is 0 Å². The molecule has 0 aromatic heterocycles. The van der Waals surface area contributed by atoms with Crippen LogP contribution in [0.2, 0.25) is 0 Å². The van der Waals surface area contributed by atoms with E-state index in [1.54, 1.807) is 6.92 Å². The Labute approximate surface area is 144 Å². The highest BCUT2D eigenvalue weighted by Gasteiger charge is 2.31. The lowest BCUT2D eigenvalue weighted by molar-refractivity contribution is -0.138. The van der Waals surface area contributed by atoms with Crippen molar-refractivity contribution < 1.29 is 19.4 Å². The summed E-state index contributed by atoms with van der Waals surface area (Å²) in [5.41, 5.74) is 2.69. The zero-order valence-corrected chi connectivity index (χ0v) is 15.1. The van der Waals surface area contributed by atoms with Gasteiger partial charge in [0.25, 0.3) is 0 Å². The Kier molecular flexibility index (Phi) is 5.81. The van der Waals surface area contributed by atoms with E-state index in [4.69, 9.17) is 4.74 Å². The van der Waals surface area contributed by atoms with Gasteiger partial charge < -0.3 is 9.84 Å². The van der Waals surface area contributed by atoms with Crippen molar-refractivity contribution >= 4 is 11.8 Å². The van der Waals surface area contributed by atoms with Crippen molar-refractivity contribution in [2.24, 2.45) is 0 Å². The molecular formula is C20H28O4. The standard InChI is InChI=1S/C20H28O4/c1-13-6-5-11-20(4,23)18(21)10-8-14(2)12-17-16(9-7-13)15(3)19(22)24-17/h6,12,17,23H,5,7-11H2,1-4H3. The summed E-state index contributed by atoms with van der Waals surface area (Å²) in [6.07, 6.45) is 7.35. The molecule has 0 radical (unpaired) electrons. The number of allylic oxidation sites excluding steroid dienone is 3. The Morgan fingerprint density at radius 3 is 2.46 bits per heavy atom. The molecule has 4 nitrogen and oxygen atoms in total. The van der Waals surface area contributed by atoms with E-state index in [2.05, 4.69) is 6.08 Å². The number of rotatable bonds is 0. The molecule has 0 aromatic carbocycles. The molecule has 132 valence electrons. The highest BCUT2D eigenvalue weighted by molar-refractivity contribution is 5.92. The van der Waals surface area contributed by atoms with E-state index < -0.39 is 5.60 Å². The molecule has 0 bridgehead atoms. The fraction of sp³-hybridized carbons (Fsp3) is 0.600. The van der Waals surface area contributed by atoms with Crippen molar-refractivity contribution in [1.29, 1.82) is 0 Å². The van der Waals surface area contributed by atoms with Crippen LogP contribution in [0.15, 0.2) is 34.4 Å². The summed E-state index contributed by atoms with van der Waals surface area (Å²) in [5.74, 6) is -0.377. The highest BCUT2D eigenvalue weighted by Crippen LogP contribution is 2.30. The highest BCUT2D eigenvalue weighted by atomic mass is 16.5. The van der Waals surface area contributed by atoms with E-state index in [1.165, 1.54) is 5.57 Å². The second-order valence-corrected chi connectivity index (χ2v) is 7.28. The van der Waals surface area contributed by atoms with Crippen molar-refractivity contribution in [2.45, 2.75) is 77.9 Å². The molecule has 0 spiro atoms. The number of hydrogen-bond acceptors (Lipinski definition) is 4. The molecule has 0 fully saturated rings. The SMILES string of the molecule is CC1=CC2OC(=O)C(C)=C2CCC(C)=CCCC(C)(O)C(=O)CC1. The van der Waals surface area contributed by atoms with E-state index in [0.717, 1.165) is 24.0 Å². The Balaban J connectivity index is 2.27. The second kappa shape index (κ2) is 7.47. The van der Waals surface area contributed by atoms with Crippen LogP contribution in [-0.2, 0) is 14.3 Å². The first-order valence-electron chi connectivity index (χ1n) is 8.70. The minimum absolute atomic E-state index is 0.131. The van der Waals surface area contributed by atoms with Gasteiger partial charge in [-0.25, -0.2) is 4.79 Å². The van der Waals surface area contributed by atoms with Crippen LogP contribution in [0.3, 0.4) is 0 Å². The molecule has 2 aliphatic rings. The zero-order chi connectivity index (χ0) is 17.9. The first-order valence-corrected chi connectivity index (χ1v) is 8.70. The average Bonchev–Trinajstić information content (AvgIpc) is 2.76. The van der Waals surface area contributed by atoms with Crippen molar-refractivity contribution in [1.82, 2.24) is 0 Å². The molecule has 0 aromatic rings. The van der Waals surface area contributed by atoms with Gasteiger partial charge in [-0.05, 0) is 71.4 Å². The summed E-state index contributed by atoms with van der Waals surface area (Å²) in [4.78, 5) is 24.2. The summed E-state index contributed by atoms with van der Waals surface area (Å²) >= 11 is 0. The van der Waals surface area contributed by atoms with Gasteiger partial charge in [0.1, 0.15) is 11.7 Å². The van der Waals surface area contributed by atoms with Crippen molar-refractivity contribution in [3.05, 3.63) is 34.4 Å². The lowest BCUT2D eigenvalue weighted by Crippen LogP contribution is -2.34. The number of ether oxygens (including phenoxy) is 1. The molecule has 0 saturated heterocycles. The van der Waals surface area contributed by atoms with Gasteiger partial charge in [-0.1, -0.05) is 17.2 Å². The normalized spacial score (nSPS) is 30.3. The van der Waals surface area contributed by atoms with Gasteiger partial charge in [0, 0.05) is 12.0 Å². The van der Waals surface area contributed by atoms with E-state index in [0.29, 0.717) is 31.3 Å². The summed E-state index contributed by atoms with van der Waals surface area (Å²) in [5, 5.41) is 10.4. The molecule has 2 atom stereocenters. The molecule has 0 amide bonds. The summed E-state index contributed by atoms with van der Waals surface area (Å²) in [7, 11) is 0. The van der Waals surface area contributed by atoms with E-state index in [1.807, 2.05) is 26.8 Å². The number of esters is 1. The summed E-state index contributed by atoms with van der Waals surface area (Å²) < 4.78 is 5.47. The van der Waals surface area contributed by atoms with Gasteiger partial charge in [-0.2, -0.15) is 0 Å². The smallest absolute Gasteiger partial charge is 0.334 e. The van der Waals surface area contributed by atoms with Crippen LogP contribution in [0, 0.1) is 0 Å². The van der Waals surface area contributed by atoms with Crippen LogP contribution >= 0.6 is 0 Å². The average molecular weight is 332 g/mol. The number of carbonyl (C=O) groups is 2. The molecule has 1 aliphatic heterocycles. The molecule has 24 heavy (non-hydrogen) atoms. The van der Waals surface area contributed by atoms with Crippen LogP contribution in [0.1, 0.15) is 66.2 Å². The molecular weight excluding hydrogens is 304 g/mol. The Bertz CT molecular complexity index is 620. The number of ketones is 1. The Morgan fingerprint density at radius 2 is 1.75 bits per heavy atom. The maximum absolute atomic E-state index is 12.3. The van der Waals surface area contributed by atoms with Gasteiger partial charge in [0.15, 0.2) is 5.78 Å². The van der Waals surface area contributed by atoms with E-state index in [-0.39, 0.29) is 17.9 Å². The molecule has 2 rings (SSSR count). The molecule has 1 N–H and O–H groups in total. The minimum Gasteiger partial charge on any atom is -0.450 e. The third-order valence-corrected chi connectivity index (χ3v) is 5.06. The van der Waals surface area contributed by atoms with Crippen molar-refractivity contribution in [3.63, 3.8) is 0 Å². The summed E-state index contributed by atoms with van der Waals surface area (Å²) in [6.45, 7) is 7.42. The van der Waals surface area contributed by atoms with Gasteiger partial charge in [0.2, 0.25) is 0 Å². The molecule has 4 heteroatoms. The Morgan fingerprint density at radius 1 is 1.08 bits per heavy atom. The fourth-order valence-corrected chi connectivity index (χ4v) is 3.18. The fourth-order valence-electron chi connectivity index (χ4n) is 3.18. The number of Topliss-reactive ketones (excluding diaryl/α,β-unsaturated/α-hetero) is 1. The van der Waals surface area contributed by atoms with E-state index >= 15 is 0 Å². The number of carbonyl (C=O) groups excluding carboxylic acids is 2. The van der Waals surface area contributed by atoms with Crippen LogP contribution in [0.5, 0.6) is 0 Å².